The lowest BCUT2D eigenvalue weighted by Gasteiger charge is -2.31. The van der Waals surface area contributed by atoms with Crippen molar-refractivity contribution in [2.24, 2.45) is 23.5 Å². The van der Waals surface area contributed by atoms with E-state index in [0.717, 1.165) is 19.3 Å². The number of ether oxygens (including phenoxy) is 1. The molecule has 0 aromatic rings. The summed E-state index contributed by atoms with van der Waals surface area (Å²) in [5, 5.41) is 0. The second-order valence-electron chi connectivity index (χ2n) is 5.99. The van der Waals surface area contributed by atoms with Crippen molar-refractivity contribution in [1.29, 1.82) is 0 Å². The first-order valence-corrected chi connectivity index (χ1v) is 7.49. The zero-order chi connectivity index (χ0) is 13.5. The molecular formula is C15H29NO2. The Morgan fingerprint density at radius 2 is 2.00 bits per heavy atom. The van der Waals surface area contributed by atoms with E-state index in [1.165, 1.54) is 19.3 Å². The molecule has 106 valence electrons. The molecule has 1 rings (SSSR count). The summed E-state index contributed by atoms with van der Waals surface area (Å²) in [5.41, 5.74) is 5.69. The van der Waals surface area contributed by atoms with Crippen LogP contribution in [-0.4, -0.2) is 18.6 Å². The van der Waals surface area contributed by atoms with Crippen molar-refractivity contribution in [3.05, 3.63) is 0 Å². The molecule has 18 heavy (non-hydrogen) atoms. The van der Waals surface area contributed by atoms with E-state index in [-0.39, 0.29) is 18.0 Å². The number of rotatable bonds is 6. The minimum atomic E-state index is -0.121. The molecule has 0 radical (unpaired) electrons. The van der Waals surface area contributed by atoms with Gasteiger partial charge in [0.1, 0.15) is 6.10 Å². The highest BCUT2D eigenvalue weighted by Crippen LogP contribution is 2.30. The summed E-state index contributed by atoms with van der Waals surface area (Å²) < 4.78 is 5.73. The SMILES string of the molecule is CCC1CCCCC1OC(=O)C(CN)CC(C)C. The van der Waals surface area contributed by atoms with Crippen molar-refractivity contribution in [3.8, 4) is 0 Å². The predicted octanol–water partition coefficient (Wildman–Crippen LogP) is 3.12. The summed E-state index contributed by atoms with van der Waals surface area (Å²) in [6.45, 7) is 6.82. The Hall–Kier alpha value is -0.570. The zero-order valence-electron chi connectivity index (χ0n) is 12.2. The van der Waals surface area contributed by atoms with Gasteiger partial charge in [-0.1, -0.05) is 27.2 Å². The van der Waals surface area contributed by atoms with E-state index in [9.17, 15) is 4.79 Å². The van der Waals surface area contributed by atoms with Crippen molar-refractivity contribution < 1.29 is 9.53 Å². The van der Waals surface area contributed by atoms with E-state index in [1.807, 2.05) is 0 Å². The molecule has 0 heterocycles. The maximum absolute atomic E-state index is 12.1. The molecule has 0 saturated heterocycles. The largest absolute Gasteiger partial charge is 0.462 e. The third-order valence-corrected chi connectivity index (χ3v) is 4.01. The molecule has 2 N–H and O–H groups in total. The Morgan fingerprint density at radius 1 is 1.33 bits per heavy atom. The van der Waals surface area contributed by atoms with Gasteiger partial charge in [0.2, 0.25) is 0 Å². The Balaban J connectivity index is 2.50. The molecule has 3 atom stereocenters. The van der Waals surface area contributed by atoms with E-state index in [1.54, 1.807) is 0 Å². The van der Waals surface area contributed by atoms with E-state index < -0.39 is 0 Å². The molecule has 1 fully saturated rings. The average Bonchev–Trinajstić information content (AvgIpc) is 2.36. The Kier molecular flexibility index (Phi) is 6.69. The van der Waals surface area contributed by atoms with Gasteiger partial charge in [0, 0.05) is 6.54 Å². The number of carbonyl (C=O) groups excluding carboxylic acids is 1. The van der Waals surface area contributed by atoms with Crippen LogP contribution in [0.3, 0.4) is 0 Å². The topological polar surface area (TPSA) is 52.3 Å². The van der Waals surface area contributed by atoms with Crippen LogP contribution in [0.4, 0.5) is 0 Å². The second kappa shape index (κ2) is 7.78. The first-order chi connectivity index (χ1) is 8.58. The van der Waals surface area contributed by atoms with E-state index >= 15 is 0 Å². The van der Waals surface area contributed by atoms with Crippen molar-refractivity contribution in [1.82, 2.24) is 0 Å². The number of hydrogen-bond acceptors (Lipinski definition) is 3. The fourth-order valence-electron chi connectivity index (χ4n) is 2.90. The Morgan fingerprint density at radius 3 is 2.56 bits per heavy atom. The van der Waals surface area contributed by atoms with Crippen molar-refractivity contribution in [2.75, 3.05) is 6.54 Å². The van der Waals surface area contributed by atoms with E-state index in [2.05, 4.69) is 20.8 Å². The summed E-state index contributed by atoms with van der Waals surface area (Å²) in [6, 6.07) is 0. The van der Waals surface area contributed by atoms with Crippen LogP contribution in [0.5, 0.6) is 0 Å². The monoisotopic (exact) mass is 255 g/mol. The zero-order valence-corrected chi connectivity index (χ0v) is 12.2. The smallest absolute Gasteiger partial charge is 0.310 e. The molecule has 0 bridgehead atoms. The summed E-state index contributed by atoms with van der Waals surface area (Å²) in [5.74, 6) is 0.848. The molecule has 3 unspecified atom stereocenters. The molecular weight excluding hydrogens is 226 g/mol. The quantitative estimate of drug-likeness (QED) is 0.742. The third-order valence-electron chi connectivity index (χ3n) is 4.01. The van der Waals surface area contributed by atoms with Crippen LogP contribution < -0.4 is 5.73 Å². The number of nitrogens with two attached hydrogens (primary N) is 1. The molecule has 0 aromatic carbocycles. The van der Waals surface area contributed by atoms with Crippen LogP contribution in [-0.2, 0) is 9.53 Å². The predicted molar refractivity (Wildman–Crippen MR) is 74.1 cm³/mol. The Labute approximate surface area is 111 Å². The van der Waals surface area contributed by atoms with Crippen molar-refractivity contribution in [2.45, 2.75) is 65.4 Å². The van der Waals surface area contributed by atoms with E-state index in [0.29, 0.717) is 18.4 Å². The molecule has 1 aliphatic carbocycles. The number of carbonyl (C=O) groups is 1. The van der Waals surface area contributed by atoms with Gasteiger partial charge in [-0.25, -0.2) is 0 Å². The average molecular weight is 255 g/mol. The van der Waals surface area contributed by atoms with Gasteiger partial charge in [-0.05, 0) is 43.9 Å². The van der Waals surface area contributed by atoms with Gasteiger partial charge in [-0.2, -0.15) is 0 Å². The summed E-state index contributed by atoms with van der Waals surface area (Å²) in [6.07, 6.45) is 6.77. The number of hydrogen-bond donors (Lipinski definition) is 1. The van der Waals surface area contributed by atoms with Crippen LogP contribution in [0, 0.1) is 17.8 Å². The highest BCUT2D eigenvalue weighted by molar-refractivity contribution is 5.72. The first-order valence-electron chi connectivity index (χ1n) is 7.49. The van der Waals surface area contributed by atoms with Gasteiger partial charge in [0.15, 0.2) is 0 Å². The fourth-order valence-corrected chi connectivity index (χ4v) is 2.90. The van der Waals surface area contributed by atoms with Gasteiger partial charge in [-0.3, -0.25) is 4.79 Å². The van der Waals surface area contributed by atoms with Crippen molar-refractivity contribution in [3.63, 3.8) is 0 Å². The van der Waals surface area contributed by atoms with Gasteiger partial charge in [0.25, 0.3) is 0 Å². The lowest BCUT2D eigenvalue weighted by molar-refractivity contribution is -0.159. The van der Waals surface area contributed by atoms with Crippen LogP contribution in [0.1, 0.15) is 59.3 Å². The maximum Gasteiger partial charge on any atom is 0.310 e. The molecule has 0 aliphatic heterocycles. The van der Waals surface area contributed by atoms with Crippen LogP contribution in [0.2, 0.25) is 0 Å². The lowest BCUT2D eigenvalue weighted by Crippen LogP contribution is -2.35. The van der Waals surface area contributed by atoms with Crippen LogP contribution in [0.25, 0.3) is 0 Å². The standard InChI is InChI=1S/C15H29NO2/c1-4-12-7-5-6-8-14(12)18-15(17)13(10-16)9-11(2)3/h11-14H,4-10,16H2,1-3H3. The molecule has 1 aliphatic rings. The van der Waals surface area contributed by atoms with Crippen LogP contribution in [0.15, 0.2) is 0 Å². The molecule has 0 amide bonds. The maximum atomic E-state index is 12.1. The van der Waals surface area contributed by atoms with Crippen molar-refractivity contribution >= 4 is 5.97 Å². The van der Waals surface area contributed by atoms with Gasteiger partial charge < -0.3 is 10.5 Å². The van der Waals surface area contributed by atoms with Gasteiger partial charge >= 0.3 is 5.97 Å². The lowest BCUT2D eigenvalue weighted by atomic mass is 9.84. The second-order valence-corrected chi connectivity index (χ2v) is 5.99. The van der Waals surface area contributed by atoms with Gasteiger partial charge in [-0.15, -0.1) is 0 Å². The summed E-state index contributed by atoms with van der Waals surface area (Å²) in [4.78, 5) is 12.1. The van der Waals surface area contributed by atoms with Gasteiger partial charge in [0.05, 0.1) is 5.92 Å². The van der Waals surface area contributed by atoms with Crippen LogP contribution >= 0.6 is 0 Å². The highest BCUT2D eigenvalue weighted by atomic mass is 16.5. The summed E-state index contributed by atoms with van der Waals surface area (Å²) >= 11 is 0. The molecule has 3 heteroatoms. The first kappa shape index (κ1) is 15.5. The fraction of sp³-hybridized carbons (Fsp3) is 0.933. The highest BCUT2D eigenvalue weighted by Gasteiger charge is 2.29. The third kappa shape index (κ3) is 4.60. The van der Waals surface area contributed by atoms with E-state index in [4.69, 9.17) is 10.5 Å². The Bertz CT molecular complexity index is 253. The molecule has 0 spiro atoms. The molecule has 1 saturated carbocycles. The molecule has 0 aromatic heterocycles. The molecule has 3 nitrogen and oxygen atoms in total. The number of esters is 1. The minimum Gasteiger partial charge on any atom is -0.462 e. The summed E-state index contributed by atoms with van der Waals surface area (Å²) in [7, 11) is 0. The normalized spacial score (nSPS) is 26.1. The minimum absolute atomic E-state index is 0.0726.